The monoisotopic (exact) mass is 290 g/mol. The Morgan fingerprint density at radius 1 is 1.29 bits per heavy atom. The Labute approximate surface area is 126 Å². The van der Waals surface area contributed by atoms with Crippen LogP contribution in [0.1, 0.15) is 50.2 Å². The van der Waals surface area contributed by atoms with Crippen LogP contribution in [0, 0.1) is 0 Å². The van der Waals surface area contributed by atoms with Gasteiger partial charge >= 0.3 is 0 Å². The van der Waals surface area contributed by atoms with E-state index in [1.54, 1.807) is 0 Å². The van der Waals surface area contributed by atoms with Crippen molar-refractivity contribution in [3.63, 3.8) is 0 Å². The molecule has 116 valence electrons. The molecule has 3 rings (SSSR count). The SMILES string of the molecule is CN=C(NCCCc1nnc2n1CCCCC2)NC1CC1. The van der Waals surface area contributed by atoms with E-state index < -0.39 is 0 Å². The fourth-order valence-corrected chi connectivity index (χ4v) is 2.80. The van der Waals surface area contributed by atoms with E-state index in [1.807, 2.05) is 7.05 Å². The lowest BCUT2D eigenvalue weighted by molar-refractivity contribution is 0.594. The maximum absolute atomic E-state index is 4.37. The van der Waals surface area contributed by atoms with Gasteiger partial charge in [0.1, 0.15) is 11.6 Å². The van der Waals surface area contributed by atoms with Crippen LogP contribution in [0.2, 0.25) is 0 Å². The second-order valence-corrected chi connectivity index (χ2v) is 6.02. The molecule has 2 N–H and O–H groups in total. The number of hydrogen-bond donors (Lipinski definition) is 2. The summed E-state index contributed by atoms with van der Waals surface area (Å²) in [5.74, 6) is 3.26. The maximum atomic E-state index is 4.37. The van der Waals surface area contributed by atoms with Gasteiger partial charge in [-0.2, -0.15) is 0 Å². The Hall–Kier alpha value is -1.59. The van der Waals surface area contributed by atoms with Crippen LogP contribution < -0.4 is 10.6 Å². The lowest BCUT2D eigenvalue weighted by Crippen LogP contribution is -2.39. The average molecular weight is 290 g/mol. The third-order valence-electron chi connectivity index (χ3n) is 4.20. The first kappa shape index (κ1) is 14.4. The summed E-state index contributed by atoms with van der Waals surface area (Å²) in [5, 5.41) is 15.5. The minimum Gasteiger partial charge on any atom is -0.356 e. The van der Waals surface area contributed by atoms with Gasteiger partial charge in [-0.3, -0.25) is 4.99 Å². The van der Waals surface area contributed by atoms with Gasteiger partial charge in [-0.25, -0.2) is 0 Å². The molecule has 0 amide bonds. The van der Waals surface area contributed by atoms with Gasteiger partial charge in [0.15, 0.2) is 5.96 Å². The van der Waals surface area contributed by atoms with Gasteiger partial charge in [0.05, 0.1) is 0 Å². The summed E-state index contributed by atoms with van der Waals surface area (Å²) in [6, 6.07) is 0.642. The Balaban J connectivity index is 1.43. The number of aryl methyl sites for hydroxylation is 2. The van der Waals surface area contributed by atoms with Crippen LogP contribution in [0.4, 0.5) is 0 Å². The normalized spacial score (nSPS) is 19.0. The van der Waals surface area contributed by atoms with Crippen LogP contribution in [0.15, 0.2) is 4.99 Å². The first-order valence-corrected chi connectivity index (χ1v) is 8.25. The summed E-state index contributed by atoms with van der Waals surface area (Å²) in [6.07, 6.45) is 9.50. The Bertz CT molecular complexity index is 488. The van der Waals surface area contributed by atoms with E-state index in [2.05, 4.69) is 30.4 Å². The van der Waals surface area contributed by atoms with E-state index >= 15 is 0 Å². The molecule has 0 unspecified atom stereocenters. The van der Waals surface area contributed by atoms with Crippen molar-refractivity contribution in [1.82, 2.24) is 25.4 Å². The lowest BCUT2D eigenvalue weighted by Gasteiger charge is -2.11. The zero-order chi connectivity index (χ0) is 14.5. The van der Waals surface area contributed by atoms with Gasteiger partial charge in [0.2, 0.25) is 0 Å². The molecular weight excluding hydrogens is 264 g/mol. The third kappa shape index (κ3) is 3.95. The van der Waals surface area contributed by atoms with Crippen molar-refractivity contribution in [2.45, 2.75) is 64.0 Å². The highest BCUT2D eigenvalue weighted by molar-refractivity contribution is 5.80. The molecule has 6 heteroatoms. The fourth-order valence-electron chi connectivity index (χ4n) is 2.80. The average Bonchev–Trinajstić information content (AvgIpc) is 3.28. The molecule has 1 fully saturated rings. The van der Waals surface area contributed by atoms with Crippen LogP contribution in [0.5, 0.6) is 0 Å². The molecule has 0 bridgehead atoms. The second kappa shape index (κ2) is 6.91. The number of nitrogens with zero attached hydrogens (tertiary/aromatic N) is 4. The van der Waals surface area contributed by atoms with Gasteiger partial charge < -0.3 is 15.2 Å². The summed E-state index contributed by atoms with van der Waals surface area (Å²) in [7, 11) is 1.83. The third-order valence-corrected chi connectivity index (χ3v) is 4.20. The smallest absolute Gasteiger partial charge is 0.191 e. The molecule has 0 atom stereocenters. The predicted molar refractivity (Wildman–Crippen MR) is 83.4 cm³/mol. The Kier molecular flexibility index (Phi) is 4.72. The minimum absolute atomic E-state index is 0.642. The number of hydrogen-bond acceptors (Lipinski definition) is 3. The zero-order valence-electron chi connectivity index (χ0n) is 12.9. The number of fused-ring (bicyclic) bond motifs is 1. The Morgan fingerprint density at radius 3 is 3.00 bits per heavy atom. The van der Waals surface area contributed by atoms with Crippen LogP contribution >= 0.6 is 0 Å². The van der Waals surface area contributed by atoms with Gasteiger partial charge in [-0.15, -0.1) is 10.2 Å². The quantitative estimate of drug-likeness (QED) is 0.487. The number of guanidine groups is 1. The summed E-state index contributed by atoms with van der Waals surface area (Å²) in [5.41, 5.74) is 0. The van der Waals surface area contributed by atoms with Crippen molar-refractivity contribution < 1.29 is 0 Å². The summed E-state index contributed by atoms with van der Waals surface area (Å²) in [4.78, 5) is 4.25. The fraction of sp³-hybridized carbons (Fsp3) is 0.800. The van der Waals surface area contributed by atoms with Crippen molar-refractivity contribution >= 4 is 5.96 Å². The molecule has 0 radical (unpaired) electrons. The second-order valence-electron chi connectivity index (χ2n) is 6.02. The standard InChI is InChI=1S/C15H26N6/c1-16-15(18-12-8-9-12)17-10-5-7-14-20-19-13-6-3-2-4-11-21(13)14/h12H,2-11H2,1H3,(H2,16,17,18). The highest BCUT2D eigenvalue weighted by atomic mass is 15.3. The van der Waals surface area contributed by atoms with Crippen molar-refractivity contribution in [3.8, 4) is 0 Å². The summed E-state index contributed by atoms with van der Waals surface area (Å²) in [6.45, 7) is 2.02. The Morgan fingerprint density at radius 2 is 2.19 bits per heavy atom. The van der Waals surface area contributed by atoms with E-state index in [0.29, 0.717) is 6.04 Å². The first-order valence-electron chi connectivity index (χ1n) is 8.25. The molecule has 21 heavy (non-hydrogen) atoms. The molecule has 1 aliphatic heterocycles. The van der Waals surface area contributed by atoms with E-state index in [1.165, 1.54) is 37.9 Å². The lowest BCUT2D eigenvalue weighted by atomic mass is 10.2. The van der Waals surface area contributed by atoms with E-state index in [-0.39, 0.29) is 0 Å². The molecule has 1 aromatic rings. The molecule has 1 aromatic heterocycles. The minimum atomic E-state index is 0.642. The van der Waals surface area contributed by atoms with Gasteiger partial charge in [0, 0.05) is 39.0 Å². The van der Waals surface area contributed by atoms with Gasteiger partial charge in [-0.05, 0) is 32.1 Å². The molecule has 1 saturated carbocycles. The van der Waals surface area contributed by atoms with Crippen LogP contribution in [-0.4, -0.2) is 40.4 Å². The topological polar surface area (TPSA) is 67.1 Å². The summed E-state index contributed by atoms with van der Waals surface area (Å²) >= 11 is 0. The number of nitrogens with one attached hydrogen (secondary N) is 2. The number of rotatable bonds is 5. The molecule has 2 aliphatic rings. The van der Waals surface area contributed by atoms with Crippen molar-refractivity contribution in [1.29, 1.82) is 0 Å². The molecule has 2 heterocycles. The highest BCUT2D eigenvalue weighted by Gasteiger charge is 2.22. The highest BCUT2D eigenvalue weighted by Crippen LogP contribution is 2.18. The zero-order valence-corrected chi connectivity index (χ0v) is 12.9. The van der Waals surface area contributed by atoms with Crippen LogP contribution in [-0.2, 0) is 19.4 Å². The molecule has 0 saturated heterocycles. The van der Waals surface area contributed by atoms with E-state index in [9.17, 15) is 0 Å². The van der Waals surface area contributed by atoms with Gasteiger partial charge in [-0.1, -0.05) is 6.42 Å². The molecule has 1 aliphatic carbocycles. The molecule has 0 spiro atoms. The van der Waals surface area contributed by atoms with Crippen LogP contribution in [0.25, 0.3) is 0 Å². The van der Waals surface area contributed by atoms with E-state index in [4.69, 9.17) is 0 Å². The van der Waals surface area contributed by atoms with Crippen molar-refractivity contribution in [3.05, 3.63) is 11.6 Å². The number of aliphatic imine (C=N–C) groups is 1. The van der Waals surface area contributed by atoms with Crippen molar-refractivity contribution in [2.24, 2.45) is 4.99 Å². The van der Waals surface area contributed by atoms with Crippen molar-refractivity contribution in [2.75, 3.05) is 13.6 Å². The largest absolute Gasteiger partial charge is 0.356 e. The molecule has 0 aromatic carbocycles. The molecular formula is C15H26N6. The predicted octanol–water partition coefficient (Wildman–Crippen LogP) is 1.26. The maximum Gasteiger partial charge on any atom is 0.191 e. The molecule has 6 nitrogen and oxygen atoms in total. The van der Waals surface area contributed by atoms with Crippen LogP contribution in [0.3, 0.4) is 0 Å². The van der Waals surface area contributed by atoms with Gasteiger partial charge in [0.25, 0.3) is 0 Å². The van der Waals surface area contributed by atoms with E-state index in [0.717, 1.165) is 44.1 Å². The summed E-state index contributed by atoms with van der Waals surface area (Å²) < 4.78 is 2.34. The first-order chi connectivity index (χ1) is 10.4. The number of aromatic nitrogens is 3.